The van der Waals surface area contributed by atoms with Crippen LogP contribution in [0.2, 0.25) is 0 Å². The van der Waals surface area contributed by atoms with Crippen molar-refractivity contribution >= 4 is 5.91 Å². The van der Waals surface area contributed by atoms with E-state index in [1.165, 1.54) is 4.90 Å². The smallest absolute Gasteiger partial charge is 0.227 e. The molecular formula is C9H20N2O3. The standard InChI is InChI=1S/C9H20N2O3/c1-7(8(2)10)9(14)11(3-5-12)4-6-13/h7-8,12-13H,3-6,10H2,1-2H3. The Labute approximate surface area is 84.5 Å². The molecule has 2 atom stereocenters. The summed E-state index contributed by atoms with van der Waals surface area (Å²) in [5.74, 6) is -0.406. The number of rotatable bonds is 6. The molecule has 4 N–H and O–H groups in total. The van der Waals surface area contributed by atoms with Crippen molar-refractivity contribution < 1.29 is 15.0 Å². The van der Waals surface area contributed by atoms with Crippen molar-refractivity contribution in [2.45, 2.75) is 19.9 Å². The molecule has 0 spiro atoms. The van der Waals surface area contributed by atoms with E-state index in [1.807, 2.05) is 0 Å². The van der Waals surface area contributed by atoms with Crippen LogP contribution in [0.5, 0.6) is 0 Å². The zero-order valence-corrected chi connectivity index (χ0v) is 8.81. The number of hydrogen-bond donors (Lipinski definition) is 3. The first-order valence-corrected chi connectivity index (χ1v) is 4.80. The molecule has 0 saturated carbocycles. The second-order valence-electron chi connectivity index (χ2n) is 3.42. The molecule has 0 aliphatic carbocycles. The van der Waals surface area contributed by atoms with E-state index in [0.29, 0.717) is 0 Å². The highest BCUT2D eigenvalue weighted by atomic mass is 16.3. The summed E-state index contributed by atoms with van der Waals surface area (Å²) in [5, 5.41) is 17.5. The van der Waals surface area contributed by atoms with Gasteiger partial charge >= 0.3 is 0 Å². The van der Waals surface area contributed by atoms with Gasteiger partial charge in [-0.2, -0.15) is 0 Å². The third-order valence-electron chi connectivity index (χ3n) is 2.23. The van der Waals surface area contributed by atoms with Crippen molar-refractivity contribution in [1.82, 2.24) is 4.90 Å². The molecule has 0 saturated heterocycles. The maximum absolute atomic E-state index is 11.7. The molecule has 0 aliphatic heterocycles. The van der Waals surface area contributed by atoms with Gasteiger partial charge in [-0.25, -0.2) is 0 Å². The largest absolute Gasteiger partial charge is 0.395 e. The van der Waals surface area contributed by atoms with Crippen molar-refractivity contribution in [3.8, 4) is 0 Å². The van der Waals surface area contributed by atoms with Gasteiger partial charge in [0.2, 0.25) is 5.91 Å². The molecule has 0 aliphatic rings. The van der Waals surface area contributed by atoms with Crippen LogP contribution in [-0.2, 0) is 4.79 Å². The van der Waals surface area contributed by atoms with E-state index < -0.39 is 0 Å². The molecule has 14 heavy (non-hydrogen) atoms. The van der Waals surface area contributed by atoms with Crippen LogP contribution in [0.4, 0.5) is 0 Å². The van der Waals surface area contributed by atoms with E-state index in [4.69, 9.17) is 15.9 Å². The highest BCUT2D eigenvalue weighted by Crippen LogP contribution is 2.05. The Morgan fingerprint density at radius 1 is 1.29 bits per heavy atom. The number of amides is 1. The molecule has 0 aromatic heterocycles. The normalized spacial score (nSPS) is 14.9. The van der Waals surface area contributed by atoms with Crippen LogP contribution in [0.15, 0.2) is 0 Å². The summed E-state index contributed by atoms with van der Waals surface area (Å²) in [4.78, 5) is 13.1. The molecule has 0 fully saturated rings. The monoisotopic (exact) mass is 204 g/mol. The molecule has 5 nitrogen and oxygen atoms in total. The Hall–Kier alpha value is -0.650. The second-order valence-corrected chi connectivity index (χ2v) is 3.42. The van der Waals surface area contributed by atoms with E-state index >= 15 is 0 Å². The number of aliphatic hydroxyl groups is 2. The number of hydrogen-bond acceptors (Lipinski definition) is 4. The Balaban J connectivity index is 4.26. The van der Waals surface area contributed by atoms with Crippen molar-refractivity contribution in [3.63, 3.8) is 0 Å². The third-order valence-corrected chi connectivity index (χ3v) is 2.23. The van der Waals surface area contributed by atoms with Crippen LogP contribution in [0.3, 0.4) is 0 Å². The van der Waals surface area contributed by atoms with E-state index in [-0.39, 0.29) is 44.2 Å². The SMILES string of the molecule is CC(N)C(C)C(=O)N(CCO)CCO. The summed E-state index contributed by atoms with van der Waals surface area (Å²) >= 11 is 0. The molecule has 0 rings (SSSR count). The number of carbonyl (C=O) groups is 1. The highest BCUT2D eigenvalue weighted by Gasteiger charge is 2.22. The lowest BCUT2D eigenvalue weighted by Crippen LogP contribution is -2.44. The minimum absolute atomic E-state index is 0.0998. The zero-order valence-electron chi connectivity index (χ0n) is 8.81. The number of nitrogens with zero attached hydrogens (tertiary/aromatic N) is 1. The van der Waals surface area contributed by atoms with E-state index in [9.17, 15) is 4.79 Å². The molecule has 0 bridgehead atoms. The summed E-state index contributed by atoms with van der Waals surface area (Å²) in [6.07, 6.45) is 0. The van der Waals surface area contributed by atoms with Gasteiger partial charge in [-0.3, -0.25) is 4.79 Å². The van der Waals surface area contributed by atoms with Gasteiger partial charge < -0.3 is 20.8 Å². The van der Waals surface area contributed by atoms with Crippen molar-refractivity contribution in [1.29, 1.82) is 0 Å². The van der Waals surface area contributed by atoms with Crippen LogP contribution < -0.4 is 5.73 Å². The number of carbonyl (C=O) groups excluding carboxylic acids is 1. The molecule has 0 aromatic rings. The number of nitrogens with two attached hydrogens (primary N) is 1. The molecule has 5 heteroatoms. The molecule has 1 amide bonds. The molecular weight excluding hydrogens is 184 g/mol. The van der Waals surface area contributed by atoms with Gasteiger partial charge in [-0.15, -0.1) is 0 Å². The Morgan fingerprint density at radius 2 is 1.71 bits per heavy atom. The predicted octanol–water partition coefficient (Wildman–Crippen LogP) is -1.22. The van der Waals surface area contributed by atoms with Crippen LogP contribution in [0.25, 0.3) is 0 Å². The minimum atomic E-state index is -0.284. The maximum atomic E-state index is 11.7. The predicted molar refractivity (Wildman–Crippen MR) is 53.6 cm³/mol. The Bertz CT molecular complexity index is 167. The highest BCUT2D eigenvalue weighted by molar-refractivity contribution is 5.79. The molecule has 0 heterocycles. The second kappa shape index (κ2) is 6.75. The quantitative estimate of drug-likeness (QED) is 0.506. The summed E-state index contributed by atoms with van der Waals surface area (Å²) in [7, 11) is 0. The lowest BCUT2D eigenvalue weighted by molar-refractivity contribution is -0.136. The third kappa shape index (κ3) is 4.04. The Kier molecular flexibility index (Phi) is 6.44. The zero-order chi connectivity index (χ0) is 11.1. The average molecular weight is 204 g/mol. The topological polar surface area (TPSA) is 86.8 Å². The first-order valence-electron chi connectivity index (χ1n) is 4.80. The lowest BCUT2D eigenvalue weighted by Gasteiger charge is -2.25. The first kappa shape index (κ1) is 13.4. The summed E-state index contributed by atoms with van der Waals surface area (Å²) in [6.45, 7) is 3.80. The van der Waals surface area contributed by atoms with Gasteiger partial charge in [-0.05, 0) is 6.92 Å². The summed E-state index contributed by atoms with van der Waals surface area (Å²) < 4.78 is 0. The van der Waals surface area contributed by atoms with Gasteiger partial charge in [0, 0.05) is 19.1 Å². The van der Waals surface area contributed by atoms with Gasteiger partial charge in [0.25, 0.3) is 0 Å². The number of aliphatic hydroxyl groups excluding tert-OH is 2. The van der Waals surface area contributed by atoms with Crippen molar-refractivity contribution in [3.05, 3.63) is 0 Å². The Morgan fingerprint density at radius 3 is 2.00 bits per heavy atom. The van der Waals surface area contributed by atoms with Crippen LogP contribution in [0, 0.1) is 5.92 Å². The fraction of sp³-hybridized carbons (Fsp3) is 0.889. The minimum Gasteiger partial charge on any atom is -0.395 e. The van der Waals surface area contributed by atoms with Crippen molar-refractivity contribution in [2.75, 3.05) is 26.3 Å². The van der Waals surface area contributed by atoms with E-state index in [1.54, 1.807) is 13.8 Å². The molecule has 0 aromatic carbocycles. The summed E-state index contributed by atoms with van der Waals surface area (Å²) in [5.41, 5.74) is 5.59. The lowest BCUT2D eigenvalue weighted by atomic mass is 10.0. The van der Waals surface area contributed by atoms with Crippen LogP contribution in [-0.4, -0.2) is 53.4 Å². The average Bonchev–Trinajstić information content (AvgIpc) is 2.15. The van der Waals surface area contributed by atoms with Crippen LogP contribution in [0.1, 0.15) is 13.8 Å². The molecule has 84 valence electrons. The fourth-order valence-corrected chi connectivity index (χ4v) is 1.09. The molecule has 0 radical (unpaired) electrons. The fourth-order valence-electron chi connectivity index (χ4n) is 1.09. The van der Waals surface area contributed by atoms with Gasteiger partial charge in [0.1, 0.15) is 0 Å². The van der Waals surface area contributed by atoms with Crippen molar-refractivity contribution in [2.24, 2.45) is 11.7 Å². The van der Waals surface area contributed by atoms with E-state index in [0.717, 1.165) is 0 Å². The first-order chi connectivity index (χ1) is 6.54. The van der Waals surface area contributed by atoms with Gasteiger partial charge in [-0.1, -0.05) is 6.92 Å². The molecule has 2 unspecified atom stereocenters. The maximum Gasteiger partial charge on any atom is 0.227 e. The van der Waals surface area contributed by atoms with Crippen LogP contribution >= 0.6 is 0 Å². The van der Waals surface area contributed by atoms with E-state index in [2.05, 4.69) is 0 Å². The summed E-state index contributed by atoms with van der Waals surface area (Å²) in [6, 6.07) is -0.220. The van der Waals surface area contributed by atoms with Gasteiger partial charge in [0.15, 0.2) is 0 Å². The van der Waals surface area contributed by atoms with Gasteiger partial charge in [0.05, 0.1) is 19.1 Å².